The number of ether oxygens (including phenoxy) is 2. The summed E-state index contributed by atoms with van der Waals surface area (Å²) in [6, 6.07) is 5.02. The first-order chi connectivity index (χ1) is 9.89. The largest absolute Gasteiger partial charge is 0.493 e. The van der Waals surface area contributed by atoms with Crippen LogP contribution in [0, 0.1) is 5.41 Å². The molecule has 0 bridgehead atoms. The molecule has 0 atom stereocenters. The average molecular weight is 303 g/mol. The zero-order valence-corrected chi connectivity index (χ0v) is 12.7. The first-order valence-corrected chi connectivity index (χ1v) is 6.82. The van der Waals surface area contributed by atoms with Gasteiger partial charge in [0.2, 0.25) is 0 Å². The summed E-state index contributed by atoms with van der Waals surface area (Å²) >= 11 is 0. The van der Waals surface area contributed by atoms with E-state index < -0.39 is 6.61 Å². The molecule has 0 fully saturated rings. The fraction of sp³-hybridized carbons (Fsp3) is 0.600. The fourth-order valence-electron chi connectivity index (χ4n) is 2.01. The van der Waals surface area contributed by atoms with Gasteiger partial charge < -0.3 is 19.9 Å². The number of rotatable bonds is 9. The predicted molar refractivity (Wildman–Crippen MR) is 76.8 cm³/mol. The standard InChI is InChI=1S/C15H23F2NO3/c1-15(2,7-8-19)10-18-9-11-5-4-6-12(20-3)13(11)21-14(16)17/h4-6,14,18-19H,7-10H2,1-3H3. The van der Waals surface area contributed by atoms with Crippen LogP contribution in [0.4, 0.5) is 8.78 Å². The Morgan fingerprint density at radius 3 is 2.62 bits per heavy atom. The van der Waals surface area contributed by atoms with Crippen LogP contribution in [-0.4, -0.2) is 32.0 Å². The van der Waals surface area contributed by atoms with Gasteiger partial charge in [0.1, 0.15) is 0 Å². The number of para-hydroxylation sites is 1. The minimum absolute atomic E-state index is 0.0578. The number of nitrogens with one attached hydrogen (secondary N) is 1. The molecule has 0 aromatic heterocycles. The van der Waals surface area contributed by atoms with Crippen molar-refractivity contribution in [3.8, 4) is 11.5 Å². The molecule has 4 nitrogen and oxygen atoms in total. The number of alkyl halides is 2. The van der Waals surface area contributed by atoms with Crippen molar-refractivity contribution in [3.63, 3.8) is 0 Å². The normalized spacial score (nSPS) is 11.8. The van der Waals surface area contributed by atoms with Crippen molar-refractivity contribution in [2.24, 2.45) is 5.41 Å². The summed E-state index contributed by atoms with van der Waals surface area (Å²) in [5.41, 5.74) is 0.534. The smallest absolute Gasteiger partial charge is 0.387 e. The molecule has 0 aliphatic heterocycles. The maximum absolute atomic E-state index is 12.5. The number of hydrogen-bond donors (Lipinski definition) is 2. The Hall–Kier alpha value is -1.40. The third-order valence-electron chi connectivity index (χ3n) is 3.19. The Balaban J connectivity index is 2.74. The molecule has 0 unspecified atom stereocenters. The summed E-state index contributed by atoms with van der Waals surface area (Å²) in [7, 11) is 1.41. The first-order valence-electron chi connectivity index (χ1n) is 6.82. The number of hydrogen-bond acceptors (Lipinski definition) is 4. The van der Waals surface area contributed by atoms with Gasteiger partial charge in [-0.15, -0.1) is 0 Å². The second-order valence-electron chi connectivity index (χ2n) is 5.57. The Kier molecular flexibility index (Phi) is 6.84. The maximum atomic E-state index is 12.5. The molecule has 0 radical (unpaired) electrons. The molecule has 0 heterocycles. The molecule has 0 aliphatic carbocycles. The zero-order valence-electron chi connectivity index (χ0n) is 12.7. The van der Waals surface area contributed by atoms with Crippen molar-refractivity contribution >= 4 is 0 Å². The quantitative estimate of drug-likeness (QED) is 0.736. The zero-order chi connectivity index (χ0) is 15.9. The highest BCUT2D eigenvalue weighted by atomic mass is 19.3. The highest BCUT2D eigenvalue weighted by Crippen LogP contribution is 2.32. The topological polar surface area (TPSA) is 50.7 Å². The van der Waals surface area contributed by atoms with Gasteiger partial charge in [0.25, 0.3) is 0 Å². The Bertz CT molecular complexity index is 439. The molecule has 120 valence electrons. The molecule has 0 amide bonds. The number of aliphatic hydroxyl groups excluding tert-OH is 1. The lowest BCUT2D eigenvalue weighted by atomic mass is 9.90. The van der Waals surface area contributed by atoms with Gasteiger partial charge in [0.15, 0.2) is 11.5 Å². The van der Waals surface area contributed by atoms with E-state index in [0.717, 1.165) is 0 Å². The van der Waals surface area contributed by atoms with Gasteiger partial charge in [-0.05, 0) is 17.9 Å². The van der Waals surface area contributed by atoms with Crippen molar-refractivity contribution in [1.82, 2.24) is 5.32 Å². The van der Waals surface area contributed by atoms with Crippen LogP contribution >= 0.6 is 0 Å². The van der Waals surface area contributed by atoms with Crippen LogP contribution in [0.5, 0.6) is 11.5 Å². The third-order valence-corrected chi connectivity index (χ3v) is 3.19. The summed E-state index contributed by atoms with van der Waals surface area (Å²) in [4.78, 5) is 0. The molecule has 1 rings (SSSR count). The third kappa shape index (κ3) is 5.85. The van der Waals surface area contributed by atoms with E-state index in [0.29, 0.717) is 25.1 Å². The Morgan fingerprint density at radius 2 is 2.05 bits per heavy atom. The van der Waals surface area contributed by atoms with Gasteiger partial charge in [0, 0.05) is 25.3 Å². The highest BCUT2D eigenvalue weighted by molar-refractivity contribution is 5.46. The SMILES string of the molecule is COc1cccc(CNCC(C)(C)CCO)c1OC(F)F. The van der Waals surface area contributed by atoms with Crippen molar-refractivity contribution in [1.29, 1.82) is 0 Å². The van der Waals surface area contributed by atoms with Gasteiger partial charge in [-0.1, -0.05) is 26.0 Å². The van der Waals surface area contributed by atoms with E-state index in [2.05, 4.69) is 10.1 Å². The van der Waals surface area contributed by atoms with Gasteiger partial charge in [-0.3, -0.25) is 0 Å². The van der Waals surface area contributed by atoms with Gasteiger partial charge in [0.05, 0.1) is 7.11 Å². The van der Waals surface area contributed by atoms with Crippen LogP contribution in [0.1, 0.15) is 25.8 Å². The van der Waals surface area contributed by atoms with Gasteiger partial charge in [-0.2, -0.15) is 8.78 Å². The summed E-state index contributed by atoms with van der Waals surface area (Å²) in [5.74, 6) is 0.340. The van der Waals surface area contributed by atoms with Crippen LogP contribution in [-0.2, 0) is 6.54 Å². The van der Waals surface area contributed by atoms with Crippen LogP contribution in [0.2, 0.25) is 0 Å². The first kappa shape index (κ1) is 17.7. The van der Waals surface area contributed by atoms with Crippen molar-refractivity contribution < 1.29 is 23.4 Å². The van der Waals surface area contributed by atoms with Crippen LogP contribution in [0.15, 0.2) is 18.2 Å². The molecule has 1 aromatic rings. The molecule has 0 aliphatic rings. The molecular weight excluding hydrogens is 280 g/mol. The molecule has 0 saturated heterocycles. The minimum atomic E-state index is -2.90. The summed E-state index contributed by atoms with van der Waals surface area (Å²) in [6.07, 6.45) is 0.665. The number of methoxy groups -OCH3 is 1. The van der Waals surface area contributed by atoms with Crippen LogP contribution in [0.25, 0.3) is 0 Å². The van der Waals surface area contributed by atoms with Gasteiger partial charge >= 0.3 is 6.61 Å². The van der Waals surface area contributed by atoms with Gasteiger partial charge in [-0.25, -0.2) is 0 Å². The molecule has 0 spiro atoms. The fourth-order valence-corrected chi connectivity index (χ4v) is 2.01. The van der Waals surface area contributed by atoms with E-state index in [-0.39, 0.29) is 23.5 Å². The molecule has 21 heavy (non-hydrogen) atoms. The molecule has 2 N–H and O–H groups in total. The average Bonchev–Trinajstić information content (AvgIpc) is 2.39. The molecule has 1 aromatic carbocycles. The van der Waals surface area contributed by atoms with Crippen LogP contribution < -0.4 is 14.8 Å². The second kappa shape index (κ2) is 8.14. The molecule has 0 saturated carbocycles. The van der Waals surface area contributed by atoms with Crippen LogP contribution in [0.3, 0.4) is 0 Å². The van der Waals surface area contributed by atoms with E-state index >= 15 is 0 Å². The summed E-state index contributed by atoms with van der Waals surface area (Å²) in [6.45, 7) is 2.31. The van der Waals surface area contributed by atoms with E-state index in [1.165, 1.54) is 7.11 Å². The van der Waals surface area contributed by atoms with E-state index in [9.17, 15) is 8.78 Å². The van der Waals surface area contributed by atoms with Crippen molar-refractivity contribution in [2.45, 2.75) is 33.4 Å². The number of halogens is 2. The monoisotopic (exact) mass is 303 g/mol. The molecule has 6 heteroatoms. The van der Waals surface area contributed by atoms with E-state index in [1.807, 2.05) is 13.8 Å². The minimum Gasteiger partial charge on any atom is -0.493 e. The Morgan fingerprint density at radius 1 is 1.33 bits per heavy atom. The lowest BCUT2D eigenvalue weighted by molar-refractivity contribution is -0.0519. The molecular formula is C15H23F2NO3. The summed E-state index contributed by atoms with van der Waals surface area (Å²) < 4.78 is 34.6. The number of benzene rings is 1. The lowest BCUT2D eigenvalue weighted by Gasteiger charge is -2.24. The lowest BCUT2D eigenvalue weighted by Crippen LogP contribution is -2.30. The van der Waals surface area contributed by atoms with Crippen molar-refractivity contribution in [2.75, 3.05) is 20.3 Å². The second-order valence-corrected chi connectivity index (χ2v) is 5.57. The van der Waals surface area contributed by atoms with E-state index in [4.69, 9.17) is 9.84 Å². The van der Waals surface area contributed by atoms with Crippen molar-refractivity contribution in [3.05, 3.63) is 23.8 Å². The predicted octanol–water partition coefficient (Wildman–Crippen LogP) is 2.79. The van der Waals surface area contributed by atoms with E-state index in [1.54, 1.807) is 18.2 Å². The Labute approximate surface area is 124 Å². The number of aliphatic hydroxyl groups is 1. The maximum Gasteiger partial charge on any atom is 0.387 e. The summed E-state index contributed by atoms with van der Waals surface area (Å²) in [5, 5.41) is 12.2. The highest BCUT2D eigenvalue weighted by Gasteiger charge is 2.18.